The van der Waals surface area contributed by atoms with Crippen LogP contribution in [0.3, 0.4) is 0 Å². The van der Waals surface area contributed by atoms with E-state index in [2.05, 4.69) is 15.3 Å². The first kappa shape index (κ1) is 16.2. The van der Waals surface area contributed by atoms with Crippen LogP contribution in [0.25, 0.3) is 0 Å². The van der Waals surface area contributed by atoms with Crippen LogP contribution in [0.4, 0.5) is 0 Å². The van der Waals surface area contributed by atoms with Gasteiger partial charge in [-0.1, -0.05) is 0 Å². The summed E-state index contributed by atoms with van der Waals surface area (Å²) in [6.45, 7) is 3.40. The number of amides is 1. The lowest BCUT2D eigenvalue weighted by Crippen LogP contribution is -2.40. The molecule has 1 aliphatic carbocycles. The largest absolute Gasteiger partial charge is 0.481 e. The van der Waals surface area contributed by atoms with Gasteiger partial charge in [-0.05, 0) is 39.5 Å². The number of hydrogen-bond donors (Lipinski definition) is 3. The van der Waals surface area contributed by atoms with E-state index in [4.69, 9.17) is 5.11 Å². The number of aromatic nitrogens is 2. The fourth-order valence-electron chi connectivity index (χ4n) is 2.88. The van der Waals surface area contributed by atoms with Crippen LogP contribution < -0.4 is 10.9 Å². The maximum atomic E-state index is 12.1. The standard InChI is InChI=1S/C15H21N3O4/c1-8-12(14(20)17-9(2)16-8)7-13(19)18-11-5-3-10(4-6-11)15(21)22/h10-11H,3-7H2,1-2H3,(H,18,19)(H,21,22)(H,16,17,20). The maximum absolute atomic E-state index is 12.1. The quantitative estimate of drug-likeness (QED) is 0.757. The van der Waals surface area contributed by atoms with Gasteiger partial charge >= 0.3 is 5.97 Å². The minimum atomic E-state index is -0.766. The Morgan fingerprint density at radius 1 is 1.27 bits per heavy atom. The van der Waals surface area contributed by atoms with Crippen LogP contribution >= 0.6 is 0 Å². The van der Waals surface area contributed by atoms with E-state index in [1.54, 1.807) is 13.8 Å². The molecule has 1 heterocycles. The van der Waals surface area contributed by atoms with Crippen LogP contribution in [0.2, 0.25) is 0 Å². The van der Waals surface area contributed by atoms with Gasteiger partial charge in [0.15, 0.2) is 0 Å². The molecular weight excluding hydrogens is 286 g/mol. The molecule has 0 unspecified atom stereocenters. The molecule has 1 fully saturated rings. The lowest BCUT2D eigenvalue weighted by molar-refractivity contribution is -0.142. The van der Waals surface area contributed by atoms with Crippen molar-refractivity contribution in [3.8, 4) is 0 Å². The van der Waals surface area contributed by atoms with Crippen LogP contribution in [0, 0.1) is 19.8 Å². The second-order valence-electron chi connectivity index (χ2n) is 5.85. The van der Waals surface area contributed by atoms with Gasteiger partial charge in [0.1, 0.15) is 5.82 Å². The van der Waals surface area contributed by atoms with Crippen molar-refractivity contribution in [2.45, 2.75) is 52.0 Å². The van der Waals surface area contributed by atoms with Gasteiger partial charge in [-0.2, -0.15) is 0 Å². The summed E-state index contributed by atoms with van der Waals surface area (Å²) in [5.41, 5.74) is 0.656. The molecule has 3 N–H and O–H groups in total. The Balaban J connectivity index is 1.92. The summed E-state index contributed by atoms with van der Waals surface area (Å²) in [7, 11) is 0. The average molecular weight is 307 g/mol. The number of aliphatic carboxylic acids is 1. The van der Waals surface area contributed by atoms with Gasteiger partial charge in [-0.25, -0.2) is 4.98 Å². The molecule has 1 amide bonds. The maximum Gasteiger partial charge on any atom is 0.306 e. The lowest BCUT2D eigenvalue weighted by atomic mass is 9.86. The van der Waals surface area contributed by atoms with E-state index in [9.17, 15) is 14.4 Å². The van der Waals surface area contributed by atoms with Gasteiger partial charge in [0, 0.05) is 17.3 Å². The normalized spacial score (nSPS) is 21.4. The van der Waals surface area contributed by atoms with Crippen LogP contribution in [-0.4, -0.2) is 33.0 Å². The van der Waals surface area contributed by atoms with E-state index < -0.39 is 5.97 Å². The molecule has 7 heteroatoms. The molecule has 0 bridgehead atoms. The number of carbonyl (C=O) groups is 2. The fourth-order valence-corrected chi connectivity index (χ4v) is 2.88. The third-order valence-electron chi connectivity index (χ3n) is 4.12. The van der Waals surface area contributed by atoms with Gasteiger partial charge in [0.2, 0.25) is 5.91 Å². The fraction of sp³-hybridized carbons (Fsp3) is 0.600. The van der Waals surface area contributed by atoms with E-state index in [0.29, 0.717) is 42.8 Å². The summed E-state index contributed by atoms with van der Waals surface area (Å²) < 4.78 is 0. The Morgan fingerprint density at radius 3 is 2.45 bits per heavy atom. The molecule has 22 heavy (non-hydrogen) atoms. The van der Waals surface area contributed by atoms with Crippen LogP contribution in [0.1, 0.15) is 42.8 Å². The van der Waals surface area contributed by atoms with Crippen LogP contribution in [0.15, 0.2) is 4.79 Å². The predicted molar refractivity (Wildman–Crippen MR) is 79.6 cm³/mol. The number of nitrogens with zero attached hydrogens (tertiary/aromatic N) is 1. The van der Waals surface area contributed by atoms with Crippen molar-refractivity contribution in [1.82, 2.24) is 15.3 Å². The number of carboxylic acids is 1. The zero-order valence-corrected chi connectivity index (χ0v) is 12.8. The third kappa shape index (κ3) is 3.93. The summed E-state index contributed by atoms with van der Waals surface area (Å²) >= 11 is 0. The lowest BCUT2D eigenvalue weighted by Gasteiger charge is -2.26. The Hall–Kier alpha value is -2.18. The van der Waals surface area contributed by atoms with Crippen molar-refractivity contribution in [3.05, 3.63) is 27.4 Å². The van der Waals surface area contributed by atoms with Crippen molar-refractivity contribution < 1.29 is 14.7 Å². The van der Waals surface area contributed by atoms with E-state index >= 15 is 0 Å². The number of rotatable bonds is 4. The van der Waals surface area contributed by atoms with E-state index in [1.165, 1.54) is 0 Å². The Morgan fingerprint density at radius 2 is 1.91 bits per heavy atom. The highest BCUT2D eigenvalue weighted by Gasteiger charge is 2.26. The van der Waals surface area contributed by atoms with Crippen molar-refractivity contribution in [3.63, 3.8) is 0 Å². The first-order chi connectivity index (χ1) is 10.4. The number of hydrogen-bond acceptors (Lipinski definition) is 4. The number of aryl methyl sites for hydroxylation is 2. The Kier molecular flexibility index (Phi) is 4.95. The van der Waals surface area contributed by atoms with Crippen molar-refractivity contribution >= 4 is 11.9 Å². The highest BCUT2D eigenvalue weighted by Crippen LogP contribution is 2.24. The first-order valence-corrected chi connectivity index (χ1v) is 7.45. The van der Waals surface area contributed by atoms with Gasteiger partial charge < -0.3 is 15.4 Å². The Bertz CT molecular complexity index is 630. The summed E-state index contributed by atoms with van der Waals surface area (Å²) in [5.74, 6) is -0.770. The molecule has 1 aromatic heterocycles. The highest BCUT2D eigenvalue weighted by molar-refractivity contribution is 5.79. The zero-order chi connectivity index (χ0) is 16.3. The molecule has 0 radical (unpaired) electrons. The molecule has 1 aliphatic rings. The molecule has 0 saturated heterocycles. The second-order valence-corrected chi connectivity index (χ2v) is 5.85. The molecule has 1 saturated carbocycles. The van der Waals surface area contributed by atoms with Gasteiger partial charge in [-0.15, -0.1) is 0 Å². The molecule has 0 aromatic carbocycles. The highest BCUT2D eigenvalue weighted by atomic mass is 16.4. The molecule has 1 aromatic rings. The Labute approximate surface area is 128 Å². The van der Waals surface area contributed by atoms with Gasteiger partial charge in [0.05, 0.1) is 12.3 Å². The number of H-pyrrole nitrogens is 1. The predicted octanol–water partition coefficient (Wildman–Crippen LogP) is 0.689. The van der Waals surface area contributed by atoms with Crippen LogP contribution in [0.5, 0.6) is 0 Å². The molecule has 0 atom stereocenters. The molecular formula is C15H21N3O4. The van der Waals surface area contributed by atoms with E-state index in [1.807, 2.05) is 0 Å². The summed E-state index contributed by atoms with van der Waals surface area (Å²) in [5, 5.41) is 11.8. The monoisotopic (exact) mass is 307 g/mol. The average Bonchev–Trinajstić information content (AvgIpc) is 2.43. The molecule has 0 spiro atoms. The van der Waals surface area contributed by atoms with Gasteiger partial charge in [0.25, 0.3) is 5.56 Å². The molecule has 2 rings (SSSR count). The number of carbonyl (C=O) groups excluding carboxylic acids is 1. The zero-order valence-electron chi connectivity index (χ0n) is 12.8. The first-order valence-electron chi connectivity index (χ1n) is 7.45. The molecule has 120 valence electrons. The van der Waals surface area contributed by atoms with Crippen LogP contribution in [-0.2, 0) is 16.0 Å². The van der Waals surface area contributed by atoms with Crippen molar-refractivity contribution in [1.29, 1.82) is 0 Å². The second kappa shape index (κ2) is 6.72. The minimum Gasteiger partial charge on any atom is -0.481 e. The third-order valence-corrected chi connectivity index (χ3v) is 4.12. The topological polar surface area (TPSA) is 112 Å². The SMILES string of the molecule is Cc1nc(C)c(CC(=O)NC2CCC(C(=O)O)CC2)c(=O)[nH]1. The number of carboxylic acid groups (broad SMARTS) is 1. The van der Waals surface area contributed by atoms with Crippen molar-refractivity contribution in [2.75, 3.05) is 0 Å². The van der Waals surface area contributed by atoms with E-state index in [-0.39, 0.29) is 29.8 Å². The summed E-state index contributed by atoms with van der Waals surface area (Å²) in [6, 6.07) is -0.0131. The number of nitrogens with one attached hydrogen (secondary N) is 2. The summed E-state index contributed by atoms with van der Waals surface area (Å²) in [6.07, 6.45) is 2.46. The molecule has 0 aliphatic heterocycles. The minimum absolute atomic E-state index is 0.00664. The van der Waals surface area contributed by atoms with Crippen molar-refractivity contribution in [2.24, 2.45) is 5.92 Å². The van der Waals surface area contributed by atoms with E-state index in [0.717, 1.165) is 0 Å². The summed E-state index contributed by atoms with van der Waals surface area (Å²) in [4.78, 5) is 41.6. The molecule has 7 nitrogen and oxygen atoms in total. The van der Waals surface area contributed by atoms with Gasteiger partial charge in [-0.3, -0.25) is 14.4 Å². The number of aromatic amines is 1. The smallest absolute Gasteiger partial charge is 0.306 e.